The summed E-state index contributed by atoms with van der Waals surface area (Å²) < 4.78 is 26.4. The Labute approximate surface area is 229 Å². The molecule has 4 rings (SSSR count). The summed E-state index contributed by atoms with van der Waals surface area (Å²) in [4.78, 5) is 11.5. The summed E-state index contributed by atoms with van der Waals surface area (Å²) in [6, 6.07) is 17.7. The van der Waals surface area contributed by atoms with E-state index in [0.717, 1.165) is 17.5 Å². The van der Waals surface area contributed by atoms with E-state index in [2.05, 4.69) is 6.58 Å². The molecule has 0 bridgehead atoms. The Morgan fingerprint density at radius 3 is 2.54 bits per heavy atom. The van der Waals surface area contributed by atoms with E-state index in [1.807, 2.05) is 50.2 Å². The third-order valence-corrected chi connectivity index (χ3v) is 7.58. The highest BCUT2D eigenvalue weighted by Gasteiger charge is 2.30. The number of carbonyl (C=O) groups is 1. The number of halogens is 1. The Bertz CT molecular complexity index is 1330. The van der Waals surface area contributed by atoms with E-state index in [-0.39, 0.29) is 18.9 Å². The van der Waals surface area contributed by atoms with E-state index < -0.39 is 23.3 Å². The van der Waals surface area contributed by atoms with Crippen LogP contribution < -0.4 is 9.47 Å². The zero-order chi connectivity index (χ0) is 28.2. The van der Waals surface area contributed by atoms with Crippen molar-refractivity contribution in [1.29, 1.82) is 0 Å². The minimum atomic E-state index is -0.946. The highest BCUT2D eigenvalue weighted by atomic mass is 19.1. The first-order chi connectivity index (χ1) is 18.6. The molecule has 0 unspecified atom stereocenters. The number of methoxy groups -OCH3 is 1. The standard InChI is InChI=1S/C33H37FO5/c1-5-33(2,3)32(37)29-16-22(11-13-27(29)28-19-25(38-4)12-14-30(28)34)20-39-26-8-6-7-23(17-26)24(18-31(35)36)15-21-9-10-21/h5-8,11-14,16-17,19,21,24,32,37H,1,9-10,15,18,20H2,2-4H3,(H,35,36)/t24-,32-/m0/s1. The molecule has 2 atom stereocenters. The topological polar surface area (TPSA) is 76.0 Å². The largest absolute Gasteiger partial charge is 0.497 e. The maximum absolute atomic E-state index is 14.9. The van der Waals surface area contributed by atoms with Gasteiger partial charge in [0.05, 0.1) is 19.6 Å². The SMILES string of the molecule is C=CC(C)(C)[C@@H](O)c1cc(COc2cccc([C@H](CC(=O)O)CC3CC3)c2)ccc1-c1cc(OC)ccc1F. The summed E-state index contributed by atoms with van der Waals surface area (Å²) in [5.41, 5.74) is 2.57. The van der Waals surface area contributed by atoms with Crippen molar-refractivity contribution in [3.63, 3.8) is 0 Å². The third-order valence-electron chi connectivity index (χ3n) is 7.58. The first-order valence-corrected chi connectivity index (χ1v) is 13.3. The van der Waals surface area contributed by atoms with Crippen molar-refractivity contribution in [3.8, 4) is 22.6 Å². The van der Waals surface area contributed by atoms with Gasteiger partial charge in [-0.15, -0.1) is 6.58 Å². The van der Waals surface area contributed by atoms with Gasteiger partial charge in [-0.25, -0.2) is 4.39 Å². The van der Waals surface area contributed by atoms with Gasteiger partial charge < -0.3 is 19.7 Å². The Kier molecular flexibility index (Phi) is 8.76. The second-order valence-corrected chi connectivity index (χ2v) is 11.0. The van der Waals surface area contributed by atoms with E-state index in [9.17, 15) is 19.4 Å². The van der Waals surface area contributed by atoms with Crippen LogP contribution in [0, 0.1) is 17.2 Å². The Morgan fingerprint density at radius 2 is 1.87 bits per heavy atom. The lowest BCUT2D eigenvalue weighted by Crippen LogP contribution is -2.20. The molecule has 39 heavy (non-hydrogen) atoms. The summed E-state index contributed by atoms with van der Waals surface area (Å²) in [7, 11) is 1.53. The van der Waals surface area contributed by atoms with Crippen molar-refractivity contribution in [1.82, 2.24) is 0 Å². The van der Waals surface area contributed by atoms with E-state index in [1.165, 1.54) is 26.0 Å². The van der Waals surface area contributed by atoms with E-state index in [0.29, 0.717) is 34.1 Å². The van der Waals surface area contributed by atoms with Gasteiger partial charge in [0.1, 0.15) is 23.9 Å². The number of aliphatic carboxylic acids is 1. The molecule has 0 aromatic heterocycles. The van der Waals surface area contributed by atoms with Crippen LogP contribution >= 0.6 is 0 Å². The molecule has 0 spiro atoms. The van der Waals surface area contributed by atoms with Gasteiger partial charge >= 0.3 is 5.97 Å². The lowest BCUT2D eigenvalue weighted by molar-refractivity contribution is -0.137. The van der Waals surface area contributed by atoms with Gasteiger partial charge in [-0.3, -0.25) is 4.79 Å². The van der Waals surface area contributed by atoms with Gasteiger partial charge in [-0.05, 0) is 76.9 Å². The second-order valence-electron chi connectivity index (χ2n) is 11.0. The maximum Gasteiger partial charge on any atom is 0.303 e. The van der Waals surface area contributed by atoms with Crippen LogP contribution in [0.25, 0.3) is 11.1 Å². The molecule has 0 heterocycles. The quantitative estimate of drug-likeness (QED) is 0.221. The molecule has 0 amide bonds. The maximum atomic E-state index is 14.9. The summed E-state index contributed by atoms with van der Waals surface area (Å²) >= 11 is 0. The Hall–Kier alpha value is -3.64. The molecule has 2 N–H and O–H groups in total. The average molecular weight is 533 g/mol. The van der Waals surface area contributed by atoms with Crippen LogP contribution in [-0.2, 0) is 11.4 Å². The van der Waals surface area contributed by atoms with Gasteiger partial charge in [0.2, 0.25) is 0 Å². The van der Waals surface area contributed by atoms with E-state index in [1.54, 1.807) is 24.3 Å². The lowest BCUT2D eigenvalue weighted by atomic mass is 9.79. The number of rotatable bonds is 13. The number of aliphatic hydroxyl groups excluding tert-OH is 1. The number of ether oxygens (including phenoxy) is 2. The molecule has 1 saturated carbocycles. The lowest BCUT2D eigenvalue weighted by Gasteiger charge is -2.29. The fourth-order valence-corrected chi connectivity index (χ4v) is 4.85. The van der Waals surface area contributed by atoms with Crippen LogP contribution in [0.2, 0.25) is 0 Å². The molecule has 1 aliphatic rings. The van der Waals surface area contributed by atoms with Crippen LogP contribution in [0.1, 0.15) is 68.2 Å². The van der Waals surface area contributed by atoms with Gasteiger partial charge in [0, 0.05) is 11.0 Å². The fourth-order valence-electron chi connectivity index (χ4n) is 4.85. The van der Waals surface area contributed by atoms with Gasteiger partial charge in [0.25, 0.3) is 0 Å². The summed E-state index contributed by atoms with van der Waals surface area (Å²) in [6.45, 7) is 7.85. The van der Waals surface area contributed by atoms with Crippen molar-refractivity contribution >= 4 is 5.97 Å². The molecule has 0 radical (unpaired) electrons. The normalized spacial score (nSPS) is 14.9. The molecular weight excluding hydrogens is 495 g/mol. The smallest absolute Gasteiger partial charge is 0.303 e. The van der Waals surface area contributed by atoms with Crippen molar-refractivity contribution in [2.24, 2.45) is 11.3 Å². The van der Waals surface area contributed by atoms with Gasteiger partial charge in [-0.1, -0.05) is 57.0 Å². The number of hydrogen-bond donors (Lipinski definition) is 2. The summed E-state index contributed by atoms with van der Waals surface area (Å²) in [5, 5.41) is 20.8. The molecule has 206 valence electrons. The second kappa shape index (κ2) is 12.0. The zero-order valence-corrected chi connectivity index (χ0v) is 22.8. The molecule has 3 aromatic rings. The number of carboxylic acid groups (broad SMARTS) is 1. The molecule has 5 nitrogen and oxygen atoms in total. The van der Waals surface area contributed by atoms with E-state index >= 15 is 0 Å². The number of carboxylic acids is 1. The van der Waals surface area contributed by atoms with Crippen LogP contribution in [0.15, 0.2) is 73.3 Å². The summed E-state index contributed by atoms with van der Waals surface area (Å²) in [5.74, 6) is 0.520. The monoisotopic (exact) mass is 532 g/mol. The molecule has 0 saturated heterocycles. The van der Waals surface area contributed by atoms with Crippen molar-refractivity contribution in [3.05, 3.63) is 95.8 Å². The zero-order valence-electron chi connectivity index (χ0n) is 22.8. The van der Waals surface area contributed by atoms with Gasteiger partial charge in [0.15, 0.2) is 0 Å². The van der Waals surface area contributed by atoms with Crippen molar-refractivity contribution in [2.75, 3.05) is 7.11 Å². The molecular formula is C33H37FO5. The third kappa shape index (κ3) is 7.07. The van der Waals surface area contributed by atoms with Crippen LogP contribution in [0.4, 0.5) is 4.39 Å². The molecule has 6 heteroatoms. The Balaban J connectivity index is 1.62. The van der Waals surface area contributed by atoms with Crippen molar-refractivity contribution < 1.29 is 28.9 Å². The van der Waals surface area contributed by atoms with Crippen LogP contribution in [0.5, 0.6) is 11.5 Å². The highest BCUT2D eigenvalue weighted by molar-refractivity contribution is 5.71. The fraction of sp³-hybridized carbons (Fsp3) is 0.364. The molecule has 3 aromatic carbocycles. The summed E-state index contributed by atoms with van der Waals surface area (Å²) in [6.07, 6.45) is 4.05. The molecule has 0 aliphatic heterocycles. The molecule has 1 aliphatic carbocycles. The van der Waals surface area contributed by atoms with Crippen LogP contribution in [-0.4, -0.2) is 23.3 Å². The highest BCUT2D eigenvalue weighted by Crippen LogP contribution is 2.42. The van der Waals surface area contributed by atoms with E-state index in [4.69, 9.17) is 9.47 Å². The minimum absolute atomic E-state index is 0.0431. The molecule has 1 fully saturated rings. The average Bonchev–Trinajstić information content (AvgIpc) is 3.75. The number of hydrogen-bond acceptors (Lipinski definition) is 4. The predicted octanol–water partition coefficient (Wildman–Crippen LogP) is 7.68. The first kappa shape index (κ1) is 28.4. The minimum Gasteiger partial charge on any atom is -0.497 e. The Morgan fingerprint density at radius 1 is 1.10 bits per heavy atom. The van der Waals surface area contributed by atoms with Crippen molar-refractivity contribution in [2.45, 2.75) is 58.2 Å². The predicted molar refractivity (Wildman–Crippen MR) is 150 cm³/mol. The first-order valence-electron chi connectivity index (χ1n) is 13.3. The number of benzene rings is 3. The van der Waals surface area contributed by atoms with Gasteiger partial charge in [-0.2, -0.15) is 0 Å². The van der Waals surface area contributed by atoms with Crippen LogP contribution in [0.3, 0.4) is 0 Å². The number of aliphatic hydroxyl groups is 1.